The minimum atomic E-state index is -0.882. The molecule has 3 rings (SSSR count). The summed E-state index contributed by atoms with van der Waals surface area (Å²) in [6.07, 6.45) is 4.73. The minimum Gasteiger partial charge on any atom is -0.436 e. The van der Waals surface area contributed by atoms with Gasteiger partial charge in [-0.1, -0.05) is 0 Å². The molecule has 1 aromatic carbocycles. The Kier molecular flexibility index (Phi) is 4.55. The number of pyridine rings is 1. The molecular formula is C16H9F3N4O2. The molecule has 25 heavy (non-hydrogen) atoms. The van der Waals surface area contributed by atoms with E-state index in [1.54, 1.807) is 0 Å². The van der Waals surface area contributed by atoms with Crippen molar-refractivity contribution < 1.29 is 22.7 Å². The van der Waals surface area contributed by atoms with Crippen LogP contribution in [0.25, 0.3) is 0 Å². The lowest BCUT2D eigenvalue weighted by atomic mass is 10.2. The average Bonchev–Trinajstić information content (AvgIpc) is 2.54. The van der Waals surface area contributed by atoms with Crippen LogP contribution in [0.3, 0.4) is 0 Å². The summed E-state index contributed by atoms with van der Waals surface area (Å²) < 4.78 is 44.7. The number of anilines is 1. The van der Waals surface area contributed by atoms with Crippen molar-refractivity contribution in [1.82, 2.24) is 15.0 Å². The molecule has 3 aromatic rings. The van der Waals surface area contributed by atoms with Crippen LogP contribution < -0.4 is 10.1 Å². The highest BCUT2D eigenvalue weighted by molar-refractivity contribution is 6.03. The van der Waals surface area contributed by atoms with Crippen LogP contribution in [0.1, 0.15) is 10.4 Å². The Morgan fingerprint density at radius 1 is 0.880 bits per heavy atom. The molecule has 6 nitrogen and oxygen atoms in total. The molecule has 0 spiro atoms. The molecule has 0 bridgehead atoms. The van der Waals surface area contributed by atoms with E-state index in [0.29, 0.717) is 6.07 Å². The summed E-state index contributed by atoms with van der Waals surface area (Å²) in [5.74, 6) is -3.10. The molecule has 1 amide bonds. The van der Waals surface area contributed by atoms with E-state index in [0.717, 1.165) is 24.4 Å². The van der Waals surface area contributed by atoms with Crippen molar-refractivity contribution in [3.8, 4) is 11.6 Å². The highest BCUT2D eigenvalue weighted by Gasteiger charge is 2.11. The van der Waals surface area contributed by atoms with E-state index in [9.17, 15) is 18.0 Å². The molecule has 0 radical (unpaired) electrons. The Morgan fingerprint density at radius 3 is 2.32 bits per heavy atom. The quantitative estimate of drug-likeness (QED) is 0.784. The van der Waals surface area contributed by atoms with Crippen molar-refractivity contribution >= 4 is 11.7 Å². The Hall–Kier alpha value is -3.49. The summed E-state index contributed by atoms with van der Waals surface area (Å²) in [5.41, 5.74) is -0.222. The first-order valence-electron chi connectivity index (χ1n) is 6.87. The second-order valence-electron chi connectivity index (χ2n) is 4.80. The zero-order valence-electron chi connectivity index (χ0n) is 12.4. The third-order valence-electron chi connectivity index (χ3n) is 2.88. The smallest absolute Gasteiger partial charge is 0.257 e. The van der Waals surface area contributed by atoms with Crippen LogP contribution in [-0.4, -0.2) is 20.9 Å². The van der Waals surface area contributed by atoms with E-state index in [1.807, 2.05) is 0 Å². The second-order valence-corrected chi connectivity index (χ2v) is 4.80. The highest BCUT2D eigenvalue weighted by Crippen LogP contribution is 2.20. The summed E-state index contributed by atoms with van der Waals surface area (Å²) in [7, 11) is 0. The van der Waals surface area contributed by atoms with Crippen molar-refractivity contribution in [1.29, 1.82) is 0 Å². The number of rotatable bonds is 4. The third-order valence-corrected chi connectivity index (χ3v) is 2.88. The van der Waals surface area contributed by atoms with Crippen LogP contribution >= 0.6 is 0 Å². The molecule has 2 aromatic heterocycles. The van der Waals surface area contributed by atoms with E-state index >= 15 is 0 Å². The maximum atomic E-state index is 13.2. The summed E-state index contributed by atoms with van der Waals surface area (Å²) in [4.78, 5) is 23.4. The largest absolute Gasteiger partial charge is 0.436 e. The van der Waals surface area contributed by atoms with Gasteiger partial charge in [0.2, 0.25) is 5.88 Å². The lowest BCUT2D eigenvalue weighted by Crippen LogP contribution is -2.14. The van der Waals surface area contributed by atoms with Crippen LogP contribution in [-0.2, 0) is 0 Å². The maximum absolute atomic E-state index is 13.2. The second kappa shape index (κ2) is 6.95. The summed E-state index contributed by atoms with van der Waals surface area (Å²) in [5, 5.41) is 2.33. The zero-order valence-corrected chi connectivity index (χ0v) is 12.4. The number of nitrogens with one attached hydrogen (secondary N) is 1. The number of benzene rings is 1. The maximum Gasteiger partial charge on any atom is 0.257 e. The van der Waals surface area contributed by atoms with Gasteiger partial charge < -0.3 is 10.1 Å². The van der Waals surface area contributed by atoms with Crippen molar-refractivity contribution in [3.63, 3.8) is 0 Å². The van der Waals surface area contributed by atoms with Crippen LogP contribution in [0, 0.1) is 17.5 Å². The lowest BCUT2D eigenvalue weighted by molar-refractivity contribution is 0.102. The summed E-state index contributed by atoms with van der Waals surface area (Å²) >= 11 is 0. The van der Waals surface area contributed by atoms with Crippen molar-refractivity contribution in [2.24, 2.45) is 0 Å². The van der Waals surface area contributed by atoms with Crippen LogP contribution in [0.5, 0.6) is 11.6 Å². The predicted molar refractivity (Wildman–Crippen MR) is 80.6 cm³/mol. The fourth-order valence-corrected chi connectivity index (χ4v) is 1.90. The summed E-state index contributed by atoms with van der Waals surface area (Å²) in [6.45, 7) is 0. The average molecular weight is 346 g/mol. The number of amides is 1. The Bertz CT molecular complexity index is 917. The molecule has 0 saturated carbocycles. The highest BCUT2D eigenvalue weighted by atomic mass is 19.1. The number of halogens is 3. The van der Waals surface area contributed by atoms with Crippen LogP contribution in [0.15, 0.2) is 49.1 Å². The molecule has 0 saturated heterocycles. The Morgan fingerprint density at radius 2 is 1.60 bits per heavy atom. The number of ether oxygens (including phenoxy) is 1. The summed E-state index contributed by atoms with van der Waals surface area (Å²) in [6, 6.07) is 3.50. The van der Waals surface area contributed by atoms with Gasteiger partial charge in [-0.25, -0.2) is 13.2 Å². The van der Waals surface area contributed by atoms with Gasteiger partial charge in [0.15, 0.2) is 11.6 Å². The molecule has 9 heteroatoms. The van der Waals surface area contributed by atoms with Gasteiger partial charge in [-0.05, 0) is 12.1 Å². The molecule has 126 valence electrons. The molecule has 0 atom stereocenters. The van der Waals surface area contributed by atoms with Gasteiger partial charge in [0.05, 0.1) is 24.8 Å². The molecular weight excluding hydrogens is 337 g/mol. The number of hydrogen-bond acceptors (Lipinski definition) is 5. The van der Waals surface area contributed by atoms with Crippen molar-refractivity contribution in [2.75, 3.05) is 5.32 Å². The Labute approximate surface area is 139 Å². The van der Waals surface area contributed by atoms with Crippen LogP contribution in [0.2, 0.25) is 0 Å². The Balaban J connectivity index is 1.76. The monoisotopic (exact) mass is 346 g/mol. The number of hydrogen-bond donors (Lipinski definition) is 1. The van der Waals surface area contributed by atoms with E-state index < -0.39 is 23.4 Å². The number of aromatic nitrogens is 3. The molecule has 0 aliphatic rings. The first kappa shape index (κ1) is 16.4. The third kappa shape index (κ3) is 4.28. The molecule has 0 unspecified atom stereocenters. The molecule has 0 aliphatic carbocycles. The fraction of sp³-hybridized carbons (Fsp3) is 0. The zero-order chi connectivity index (χ0) is 17.8. The van der Waals surface area contributed by atoms with Gasteiger partial charge in [-0.2, -0.15) is 4.98 Å². The van der Waals surface area contributed by atoms with E-state index in [1.165, 1.54) is 18.6 Å². The van der Waals surface area contributed by atoms with Gasteiger partial charge in [0, 0.05) is 17.7 Å². The number of nitrogens with zero attached hydrogens (tertiary/aromatic N) is 3. The van der Waals surface area contributed by atoms with Gasteiger partial charge in [-0.15, -0.1) is 0 Å². The predicted octanol–water partition coefficient (Wildman–Crippen LogP) is 3.33. The number of carbonyl (C=O) groups is 1. The molecule has 2 heterocycles. The van der Waals surface area contributed by atoms with Crippen LogP contribution in [0.4, 0.5) is 19.0 Å². The SMILES string of the molecule is O=C(Nc1cncc(Oc2cncc(F)c2)n1)c1cc(F)cc(F)c1. The van der Waals surface area contributed by atoms with E-state index in [2.05, 4.69) is 20.3 Å². The molecule has 0 aliphatic heterocycles. The van der Waals surface area contributed by atoms with Crippen molar-refractivity contribution in [2.45, 2.75) is 0 Å². The number of carbonyl (C=O) groups excluding carboxylic acids is 1. The van der Waals surface area contributed by atoms with E-state index in [-0.39, 0.29) is 23.0 Å². The van der Waals surface area contributed by atoms with Gasteiger partial charge in [0.25, 0.3) is 5.91 Å². The van der Waals surface area contributed by atoms with Crippen molar-refractivity contribution in [3.05, 3.63) is 72.1 Å². The lowest BCUT2D eigenvalue weighted by Gasteiger charge is -2.07. The molecule has 1 N–H and O–H groups in total. The standard InChI is InChI=1S/C16H9F3N4O2/c17-10-1-9(2-11(18)3-10)16(24)23-14-7-21-8-15(22-14)25-13-4-12(19)5-20-6-13/h1-8H,(H,22,23,24). The van der Waals surface area contributed by atoms with E-state index in [4.69, 9.17) is 4.74 Å². The normalized spacial score (nSPS) is 10.4. The fourth-order valence-electron chi connectivity index (χ4n) is 1.90. The minimum absolute atomic E-state index is 0.0171. The van der Waals surface area contributed by atoms with Gasteiger partial charge in [0.1, 0.15) is 17.5 Å². The first-order valence-corrected chi connectivity index (χ1v) is 6.87. The molecule has 0 fully saturated rings. The van der Waals surface area contributed by atoms with Gasteiger partial charge >= 0.3 is 0 Å². The first-order chi connectivity index (χ1) is 12.0. The topological polar surface area (TPSA) is 77.0 Å². The van der Waals surface area contributed by atoms with Gasteiger partial charge in [-0.3, -0.25) is 14.8 Å².